The molecule has 3 aromatic rings. The highest BCUT2D eigenvalue weighted by Crippen LogP contribution is 2.28. The summed E-state index contributed by atoms with van der Waals surface area (Å²) in [7, 11) is 1.68. The molecular formula is C17H15N3O. The van der Waals surface area contributed by atoms with E-state index in [0.717, 1.165) is 41.6 Å². The standard InChI is InChI=1S/C17H15N3O/c1-21-13-6-7-15-14(10-13)17(8-9-18-15)20-16-5-3-2-4-12(16)11-19-20/h6-11H,3-5H2,1H3. The molecule has 1 aliphatic rings. The Labute approximate surface area is 123 Å². The number of hydrogen-bond donors (Lipinski definition) is 0. The number of nitrogens with zero attached hydrogens (tertiary/aromatic N) is 3. The molecule has 0 spiro atoms. The van der Waals surface area contributed by atoms with Crippen LogP contribution >= 0.6 is 0 Å². The minimum atomic E-state index is 0.833. The fourth-order valence-electron chi connectivity index (χ4n) is 2.88. The van der Waals surface area contributed by atoms with Gasteiger partial charge in [-0.1, -0.05) is 0 Å². The van der Waals surface area contributed by atoms with Gasteiger partial charge >= 0.3 is 0 Å². The van der Waals surface area contributed by atoms with E-state index >= 15 is 0 Å². The van der Waals surface area contributed by atoms with Crippen LogP contribution in [0.15, 0.2) is 36.7 Å². The van der Waals surface area contributed by atoms with Crippen molar-refractivity contribution < 1.29 is 4.74 Å². The highest BCUT2D eigenvalue weighted by atomic mass is 16.5. The van der Waals surface area contributed by atoms with E-state index in [9.17, 15) is 0 Å². The van der Waals surface area contributed by atoms with Gasteiger partial charge in [0.1, 0.15) is 5.75 Å². The van der Waals surface area contributed by atoms with Crippen molar-refractivity contribution >= 4 is 10.9 Å². The van der Waals surface area contributed by atoms with E-state index in [1.165, 1.54) is 11.3 Å². The molecule has 1 aliphatic carbocycles. The number of fused-ring (bicyclic) bond motifs is 2. The van der Waals surface area contributed by atoms with Crippen LogP contribution in [0, 0.1) is 6.42 Å². The van der Waals surface area contributed by atoms with E-state index in [-0.39, 0.29) is 0 Å². The van der Waals surface area contributed by atoms with Crippen molar-refractivity contribution in [3.05, 3.63) is 54.3 Å². The van der Waals surface area contributed by atoms with Gasteiger partial charge in [-0.2, -0.15) is 5.10 Å². The molecule has 0 N–H and O–H groups in total. The van der Waals surface area contributed by atoms with Gasteiger partial charge in [0.2, 0.25) is 0 Å². The van der Waals surface area contributed by atoms with Crippen molar-refractivity contribution in [3.8, 4) is 11.4 Å². The Hall–Kier alpha value is -2.36. The summed E-state index contributed by atoms with van der Waals surface area (Å²) in [5, 5.41) is 5.64. The zero-order chi connectivity index (χ0) is 14.2. The molecule has 0 saturated carbocycles. The van der Waals surface area contributed by atoms with E-state index in [1.54, 1.807) is 7.11 Å². The predicted molar refractivity (Wildman–Crippen MR) is 80.7 cm³/mol. The third-order valence-corrected chi connectivity index (χ3v) is 3.96. The smallest absolute Gasteiger partial charge is 0.119 e. The molecule has 1 aromatic carbocycles. The van der Waals surface area contributed by atoms with Gasteiger partial charge in [0.15, 0.2) is 0 Å². The molecule has 0 unspecified atom stereocenters. The molecule has 0 aliphatic heterocycles. The Morgan fingerprint density at radius 3 is 3.14 bits per heavy atom. The molecular weight excluding hydrogens is 262 g/mol. The summed E-state index contributed by atoms with van der Waals surface area (Å²) in [6.07, 6.45) is 10.0. The molecule has 0 bridgehead atoms. The minimum absolute atomic E-state index is 0.833. The number of benzene rings is 1. The number of methoxy groups -OCH3 is 1. The first kappa shape index (κ1) is 12.4. The fraction of sp³-hybridized carbons (Fsp3) is 0.235. The van der Waals surface area contributed by atoms with E-state index in [2.05, 4.69) is 16.5 Å². The SMILES string of the molecule is COc1ccc2nccc(-n3ncc4c3CC[C]C4)c2c1. The van der Waals surface area contributed by atoms with Crippen LogP contribution in [0.2, 0.25) is 0 Å². The lowest BCUT2D eigenvalue weighted by molar-refractivity contribution is 0.415. The van der Waals surface area contributed by atoms with Gasteiger partial charge in [0.25, 0.3) is 0 Å². The molecule has 2 radical (unpaired) electrons. The van der Waals surface area contributed by atoms with Crippen LogP contribution in [0.1, 0.15) is 17.7 Å². The second kappa shape index (κ2) is 4.88. The summed E-state index contributed by atoms with van der Waals surface area (Å²) in [6.45, 7) is 0. The summed E-state index contributed by atoms with van der Waals surface area (Å²) < 4.78 is 7.38. The fourth-order valence-corrected chi connectivity index (χ4v) is 2.88. The van der Waals surface area contributed by atoms with Crippen LogP contribution in [-0.4, -0.2) is 21.9 Å². The van der Waals surface area contributed by atoms with E-state index in [1.807, 2.05) is 41.3 Å². The van der Waals surface area contributed by atoms with Crippen molar-refractivity contribution in [2.24, 2.45) is 0 Å². The molecule has 104 valence electrons. The van der Waals surface area contributed by atoms with Crippen LogP contribution in [-0.2, 0) is 12.8 Å². The van der Waals surface area contributed by atoms with Crippen molar-refractivity contribution in [1.29, 1.82) is 0 Å². The minimum Gasteiger partial charge on any atom is -0.497 e. The predicted octanol–water partition coefficient (Wildman–Crippen LogP) is 3.00. The van der Waals surface area contributed by atoms with Crippen LogP contribution in [0.3, 0.4) is 0 Å². The van der Waals surface area contributed by atoms with Gasteiger partial charge in [-0.05, 0) is 55.5 Å². The third kappa shape index (κ3) is 1.98. The molecule has 4 heteroatoms. The van der Waals surface area contributed by atoms with Gasteiger partial charge < -0.3 is 4.74 Å². The van der Waals surface area contributed by atoms with E-state index in [4.69, 9.17) is 4.74 Å². The molecule has 0 amide bonds. The summed E-state index contributed by atoms with van der Waals surface area (Å²) in [4.78, 5) is 4.43. The molecule has 0 atom stereocenters. The first-order valence-electron chi connectivity index (χ1n) is 7.06. The number of pyridine rings is 1. The molecule has 2 heterocycles. The second-order valence-electron chi connectivity index (χ2n) is 5.17. The maximum absolute atomic E-state index is 5.34. The number of ether oxygens (including phenoxy) is 1. The maximum Gasteiger partial charge on any atom is 0.119 e. The summed E-state index contributed by atoms with van der Waals surface area (Å²) >= 11 is 0. The van der Waals surface area contributed by atoms with Gasteiger partial charge in [0.05, 0.1) is 24.5 Å². The summed E-state index contributed by atoms with van der Waals surface area (Å²) in [5.74, 6) is 0.833. The third-order valence-electron chi connectivity index (χ3n) is 3.96. The van der Waals surface area contributed by atoms with Gasteiger partial charge in [-0.25, -0.2) is 4.68 Å². The molecule has 0 saturated heterocycles. The highest BCUT2D eigenvalue weighted by molar-refractivity contribution is 5.88. The van der Waals surface area contributed by atoms with Crippen LogP contribution in [0.5, 0.6) is 5.75 Å². The number of aromatic nitrogens is 3. The van der Waals surface area contributed by atoms with Crippen LogP contribution < -0.4 is 4.74 Å². The van der Waals surface area contributed by atoms with Gasteiger partial charge in [0, 0.05) is 17.3 Å². The monoisotopic (exact) mass is 277 g/mol. The van der Waals surface area contributed by atoms with E-state index < -0.39 is 0 Å². The Kier molecular flexibility index (Phi) is 2.88. The van der Waals surface area contributed by atoms with Gasteiger partial charge in [-0.3, -0.25) is 4.98 Å². The summed E-state index contributed by atoms with van der Waals surface area (Å²) in [6, 6.07) is 7.95. The topological polar surface area (TPSA) is 39.9 Å². The maximum atomic E-state index is 5.34. The van der Waals surface area contributed by atoms with Crippen molar-refractivity contribution in [2.75, 3.05) is 7.11 Å². The first-order chi connectivity index (χ1) is 10.4. The quantitative estimate of drug-likeness (QED) is 0.723. The zero-order valence-electron chi connectivity index (χ0n) is 11.8. The lowest BCUT2D eigenvalue weighted by Gasteiger charge is -2.15. The normalized spacial score (nSPS) is 14.1. The largest absolute Gasteiger partial charge is 0.497 e. The van der Waals surface area contributed by atoms with Gasteiger partial charge in [-0.15, -0.1) is 0 Å². The Morgan fingerprint density at radius 1 is 1.29 bits per heavy atom. The molecule has 21 heavy (non-hydrogen) atoms. The number of rotatable bonds is 2. The molecule has 0 fully saturated rings. The Balaban J connectivity index is 1.95. The van der Waals surface area contributed by atoms with Crippen LogP contribution in [0.25, 0.3) is 16.6 Å². The second-order valence-corrected chi connectivity index (χ2v) is 5.17. The molecule has 2 aromatic heterocycles. The van der Waals surface area contributed by atoms with Crippen LogP contribution in [0.4, 0.5) is 0 Å². The lowest BCUT2D eigenvalue weighted by atomic mass is 9.98. The zero-order valence-corrected chi connectivity index (χ0v) is 11.8. The van der Waals surface area contributed by atoms with E-state index in [0.29, 0.717) is 0 Å². The lowest BCUT2D eigenvalue weighted by Crippen LogP contribution is -2.08. The first-order valence-corrected chi connectivity index (χ1v) is 7.06. The Morgan fingerprint density at radius 2 is 2.24 bits per heavy atom. The number of hydrogen-bond acceptors (Lipinski definition) is 3. The average molecular weight is 277 g/mol. The Bertz CT molecular complexity index is 807. The van der Waals surface area contributed by atoms with Crippen molar-refractivity contribution in [2.45, 2.75) is 19.3 Å². The summed E-state index contributed by atoms with van der Waals surface area (Å²) in [5.41, 5.74) is 4.56. The van der Waals surface area contributed by atoms with Crippen molar-refractivity contribution in [1.82, 2.24) is 14.8 Å². The molecule has 4 nitrogen and oxygen atoms in total. The average Bonchev–Trinajstić information content (AvgIpc) is 2.97. The van der Waals surface area contributed by atoms with Crippen molar-refractivity contribution in [3.63, 3.8) is 0 Å². The highest BCUT2D eigenvalue weighted by Gasteiger charge is 2.17. The molecule has 4 rings (SSSR count).